The molecule has 0 aliphatic heterocycles. The maximum atomic E-state index is 6.85. The van der Waals surface area contributed by atoms with E-state index >= 15 is 0 Å². The Morgan fingerprint density at radius 3 is 1.67 bits per heavy atom. The Morgan fingerprint density at radius 2 is 1.22 bits per heavy atom. The summed E-state index contributed by atoms with van der Waals surface area (Å²) >= 11 is 0. The molecule has 2 aromatic carbocycles. The third-order valence-electron chi connectivity index (χ3n) is 3.70. The summed E-state index contributed by atoms with van der Waals surface area (Å²) in [6, 6.07) is 18.5. The molecule has 0 fully saturated rings. The van der Waals surface area contributed by atoms with E-state index in [9.17, 15) is 0 Å². The number of hydrogen-bond acceptors (Lipinski definition) is 3. The fourth-order valence-electron chi connectivity index (χ4n) is 2.81. The zero-order valence-electron chi connectivity index (χ0n) is 17.6. The number of methoxy groups -OCH3 is 1. The first-order valence-corrected chi connectivity index (χ1v) is 18.0. The molecule has 0 aliphatic rings. The molecule has 0 saturated heterocycles. The minimum absolute atomic E-state index is 0.842. The fraction of sp³-hybridized carbons (Fsp3) is 0.333. The molecule has 27 heavy (non-hydrogen) atoms. The zero-order chi connectivity index (χ0) is 20.1. The highest BCUT2D eigenvalue weighted by Gasteiger charge is 2.44. The summed E-state index contributed by atoms with van der Waals surface area (Å²) in [4.78, 5) is 0. The van der Waals surface area contributed by atoms with E-state index in [2.05, 4.69) is 87.5 Å². The van der Waals surface area contributed by atoms with Crippen LogP contribution in [0.5, 0.6) is 5.75 Å². The monoisotopic (exact) mass is 416 g/mol. The normalized spacial score (nSPS) is 13.1. The van der Waals surface area contributed by atoms with Crippen molar-refractivity contribution in [2.24, 2.45) is 0 Å². The smallest absolute Gasteiger partial charge is 0.379 e. The second-order valence-corrected chi connectivity index (χ2v) is 20.9. The molecule has 3 nitrogen and oxygen atoms in total. The van der Waals surface area contributed by atoms with Crippen molar-refractivity contribution in [1.29, 1.82) is 0 Å². The van der Waals surface area contributed by atoms with Crippen molar-refractivity contribution >= 4 is 36.5 Å². The molecule has 0 unspecified atom stereocenters. The maximum Gasteiger partial charge on any atom is 0.379 e. The lowest BCUT2D eigenvalue weighted by Crippen LogP contribution is -2.61. The molecule has 0 radical (unpaired) electrons. The summed E-state index contributed by atoms with van der Waals surface area (Å²) in [6.45, 7) is 13.3. The molecule has 146 valence electrons. The molecule has 0 aromatic heterocycles. The van der Waals surface area contributed by atoms with Crippen LogP contribution in [0.2, 0.25) is 39.3 Å². The van der Waals surface area contributed by atoms with Gasteiger partial charge in [0.05, 0.1) is 7.11 Å². The summed E-state index contributed by atoms with van der Waals surface area (Å²) in [5, 5.41) is 1.13. The molecular formula is C21H32O3Si3. The highest BCUT2D eigenvalue weighted by atomic mass is 28.5. The standard InChI is InChI=1S/C21H32O3Si3/c1-22-20-13-15-21(16-14-20)27(23-25(2,3)4,24-26(5,6)7)18-17-19-11-9-8-10-12-19/h8-18H,1-7H3/b18-17+. The molecule has 0 amide bonds. The Hall–Kier alpha value is -1.45. The Labute approximate surface area is 167 Å². The van der Waals surface area contributed by atoms with Gasteiger partial charge in [-0.05, 0) is 67.9 Å². The largest absolute Gasteiger partial charge is 0.497 e. The Kier molecular flexibility index (Phi) is 7.04. The van der Waals surface area contributed by atoms with Gasteiger partial charge in [0.15, 0.2) is 16.6 Å². The van der Waals surface area contributed by atoms with Crippen LogP contribution in [0.25, 0.3) is 6.08 Å². The molecule has 6 heteroatoms. The van der Waals surface area contributed by atoms with E-state index in [1.165, 1.54) is 0 Å². The predicted octanol–water partition coefficient (Wildman–Crippen LogP) is 5.30. The first-order valence-electron chi connectivity index (χ1n) is 9.32. The molecule has 0 saturated carbocycles. The number of benzene rings is 2. The van der Waals surface area contributed by atoms with Crippen molar-refractivity contribution in [1.82, 2.24) is 0 Å². The Bertz CT molecular complexity index is 729. The summed E-state index contributed by atoms with van der Waals surface area (Å²) in [6.07, 6.45) is 2.15. The number of ether oxygens (including phenoxy) is 1. The average molecular weight is 417 g/mol. The highest BCUT2D eigenvalue weighted by Crippen LogP contribution is 2.24. The fourth-order valence-corrected chi connectivity index (χ4v) is 13.3. The summed E-state index contributed by atoms with van der Waals surface area (Å²) in [5.41, 5.74) is 3.36. The lowest BCUT2D eigenvalue weighted by atomic mass is 10.2. The first-order chi connectivity index (χ1) is 12.5. The van der Waals surface area contributed by atoms with Gasteiger partial charge in [-0.25, -0.2) is 0 Å². The molecule has 0 spiro atoms. The maximum absolute atomic E-state index is 6.85. The van der Waals surface area contributed by atoms with Crippen molar-refractivity contribution in [3.8, 4) is 5.75 Å². The van der Waals surface area contributed by atoms with Crippen molar-refractivity contribution < 1.29 is 13.0 Å². The van der Waals surface area contributed by atoms with Crippen LogP contribution in [0.1, 0.15) is 5.56 Å². The number of rotatable bonds is 8. The molecule has 0 aliphatic carbocycles. The van der Waals surface area contributed by atoms with Gasteiger partial charge in [0, 0.05) is 0 Å². The van der Waals surface area contributed by atoms with E-state index in [0.717, 1.165) is 16.5 Å². The quantitative estimate of drug-likeness (QED) is 0.547. The van der Waals surface area contributed by atoms with Crippen LogP contribution in [-0.4, -0.2) is 32.3 Å². The van der Waals surface area contributed by atoms with Crippen molar-refractivity contribution in [2.75, 3.05) is 7.11 Å². The average Bonchev–Trinajstić information content (AvgIpc) is 2.58. The van der Waals surface area contributed by atoms with Crippen LogP contribution in [0.15, 0.2) is 60.3 Å². The molecule has 0 heterocycles. The molecular weight excluding hydrogens is 384 g/mol. The van der Waals surface area contributed by atoms with Gasteiger partial charge in [0.25, 0.3) is 0 Å². The van der Waals surface area contributed by atoms with Gasteiger partial charge in [-0.15, -0.1) is 0 Å². The number of hydrogen-bond donors (Lipinski definition) is 0. The van der Waals surface area contributed by atoms with Gasteiger partial charge in [-0.2, -0.15) is 0 Å². The lowest BCUT2D eigenvalue weighted by molar-refractivity contribution is 0.410. The molecule has 0 N–H and O–H groups in total. The van der Waals surface area contributed by atoms with Gasteiger partial charge < -0.3 is 13.0 Å². The second kappa shape index (κ2) is 8.70. The first kappa shape index (κ1) is 21.8. The third-order valence-corrected chi connectivity index (χ3v) is 12.8. The van der Waals surface area contributed by atoms with Crippen LogP contribution in [-0.2, 0) is 8.23 Å². The van der Waals surface area contributed by atoms with Gasteiger partial charge in [0.2, 0.25) is 0 Å². The summed E-state index contributed by atoms with van der Waals surface area (Å²) in [5.74, 6) is 0.842. The van der Waals surface area contributed by atoms with E-state index in [1.807, 2.05) is 18.2 Å². The van der Waals surface area contributed by atoms with Crippen molar-refractivity contribution in [3.63, 3.8) is 0 Å². The second-order valence-electron chi connectivity index (χ2n) is 8.57. The van der Waals surface area contributed by atoms with E-state index in [-0.39, 0.29) is 0 Å². The highest BCUT2D eigenvalue weighted by molar-refractivity contribution is 6.97. The predicted molar refractivity (Wildman–Crippen MR) is 123 cm³/mol. The van der Waals surface area contributed by atoms with Crippen molar-refractivity contribution in [3.05, 3.63) is 65.9 Å². The van der Waals surface area contributed by atoms with Crippen LogP contribution in [0.4, 0.5) is 0 Å². The third kappa shape index (κ3) is 6.90. The lowest BCUT2D eigenvalue weighted by Gasteiger charge is -2.39. The van der Waals surface area contributed by atoms with Crippen LogP contribution in [0, 0.1) is 0 Å². The topological polar surface area (TPSA) is 27.7 Å². The van der Waals surface area contributed by atoms with Gasteiger partial charge >= 0.3 is 8.56 Å². The molecule has 0 atom stereocenters. The summed E-state index contributed by atoms with van der Waals surface area (Å²) in [7, 11) is -4.80. The molecule has 2 rings (SSSR count). The van der Waals surface area contributed by atoms with E-state index in [0.29, 0.717) is 0 Å². The van der Waals surface area contributed by atoms with Gasteiger partial charge in [0.1, 0.15) is 5.75 Å². The Balaban J connectivity index is 2.58. The minimum atomic E-state index is -2.77. The van der Waals surface area contributed by atoms with Gasteiger partial charge in [-0.1, -0.05) is 48.5 Å². The Morgan fingerprint density at radius 1 is 0.704 bits per heavy atom. The zero-order valence-corrected chi connectivity index (χ0v) is 20.6. The van der Waals surface area contributed by atoms with E-state index < -0.39 is 25.2 Å². The minimum Gasteiger partial charge on any atom is -0.497 e. The summed E-state index contributed by atoms with van der Waals surface area (Å²) < 4.78 is 19.0. The van der Waals surface area contributed by atoms with Gasteiger partial charge in [-0.3, -0.25) is 0 Å². The van der Waals surface area contributed by atoms with Crippen LogP contribution < -0.4 is 9.92 Å². The SMILES string of the molecule is COc1ccc([Si](/C=C/c2ccccc2)(O[Si](C)(C)C)O[Si](C)(C)C)cc1. The van der Waals surface area contributed by atoms with Crippen LogP contribution in [0.3, 0.4) is 0 Å². The molecule has 2 aromatic rings. The van der Waals surface area contributed by atoms with E-state index in [4.69, 9.17) is 13.0 Å². The van der Waals surface area contributed by atoms with Crippen molar-refractivity contribution in [2.45, 2.75) is 39.3 Å². The van der Waals surface area contributed by atoms with Crippen LogP contribution >= 0.6 is 0 Å². The van der Waals surface area contributed by atoms with E-state index in [1.54, 1.807) is 7.11 Å². The molecule has 0 bridgehead atoms.